The number of halogens is 1. The zero-order chi connectivity index (χ0) is 9.97. The summed E-state index contributed by atoms with van der Waals surface area (Å²) < 4.78 is 1.06. The minimum absolute atomic E-state index is 0.116. The van der Waals surface area contributed by atoms with Gasteiger partial charge < -0.3 is 5.73 Å². The minimum atomic E-state index is -0.116. The molecule has 1 atom stereocenters. The third-order valence-corrected chi connectivity index (χ3v) is 3.13. The highest BCUT2D eigenvalue weighted by Gasteiger charge is 2.09. The molecule has 0 saturated heterocycles. The van der Waals surface area contributed by atoms with Crippen LogP contribution in [0.15, 0.2) is 39.6 Å². The lowest BCUT2D eigenvalue weighted by Crippen LogP contribution is -2.11. The van der Waals surface area contributed by atoms with Crippen LogP contribution in [0.3, 0.4) is 0 Å². The van der Waals surface area contributed by atoms with E-state index in [0.717, 1.165) is 15.7 Å². The van der Waals surface area contributed by atoms with Crippen LogP contribution in [0.2, 0.25) is 0 Å². The van der Waals surface area contributed by atoms with Crippen molar-refractivity contribution < 1.29 is 0 Å². The Morgan fingerprint density at radius 1 is 1.29 bits per heavy atom. The Hall–Kier alpha value is -0.710. The molecular formula is C10H9BrN2S. The molecule has 0 spiro atoms. The molecule has 0 fully saturated rings. The van der Waals surface area contributed by atoms with Crippen LogP contribution in [0.1, 0.15) is 17.3 Å². The lowest BCUT2D eigenvalue weighted by Gasteiger charge is -2.08. The summed E-state index contributed by atoms with van der Waals surface area (Å²) in [6.45, 7) is 0. The van der Waals surface area contributed by atoms with Crippen LogP contribution in [0, 0.1) is 0 Å². The fourth-order valence-electron chi connectivity index (χ4n) is 1.22. The smallest absolute Gasteiger partial charge is 0.0795 e. The van der Waals surface area contributed by atoms with E-state index >= 15 is 0 Å². The Morgan fingerprint density at radius 3 is 2.57 bits per heavy atom. The van der Waals surface area contributed by atoms with Crippen molar-refractivity contribution in [1.29, 1.82) is 0 Å². The monoisotopic (exact) mass is 268 g/mol. The number of hydrogen-bond acceptors (Lipinski definition) is 3. The molecule has 1 aromatic carbocycles. The van der Waals surface area contributed by atoms with Gasteiger partial charge in [0.1, 0.15) is 0 Å². The first-order valence-corrected chi connectivity index (χ1v) is 5.90. The van der Waals surface area contributed by atoms with Crippen LogP contribution >= 0.6 is 27.3 Å². The SMILES string of the molecule is NC(c1ccc(Br)cc1)c1cscn1. The predicted molar refractivity (Wildman–Crippen MR) is 62.3 cm³/mol. The standard InChI is InChI=1S/C10H9BrN2S/c11-8-3-1-7(2-4-8)10(12)9-5-14-6-13-9/h1-6,10H,12H2. The second-order valence-electron chi connectivity index (χ2n) is 2.94. The molecule has 4 heteroatoms. The third kappa shape index (κ3) is 2.03. The van der Waals surface area contributed by atoms with E-state index in [4.69, 9.17) is 5.73 Å². The van der Waals surface area contributed by atoms with Crippen molar-refractivity contribution in [2.75, 3.05) is 0 Å². The quantitative estimate of drug-likeness (QED) is 0.910. The highest BCUT2D eigenvalue weighted by atomic mass is 79.9. The van der Waals surface area contributed by atoms with E-state index in [1.54, 1.807) is 16.8 Å². The molecule has 0 bridgehead atoms. The zero-order valence-electron chi connectivity index (χ0n) is 7.35. The molecule has 2 aromatic rings. The molecule has 2 N–H and O–H groups in total. The maximum absolute atomic E-state index is 6.04. The average molecular weight is 269 g/mol. The first kappa shape index (κ1) is 9.83. The molecule has 2 nitrogen and oxygen atoms in total. The Kier molecular flexibility index (Phi) is 2.96. The van der Waals surface area contributed by atoms with E-state index in [-0.39, 0.29) is 6.04 Å². The first-order chi connectivity index (χ1) is 6.77. The first-order valence-electron chi connectivity index (χ1n) is 4.16. The summed E-state index contributed by atoms with van der Waals surface area (Å²) in [4.78, 5) is 4.20. The number of rotatable bonds is 2. The second kappa shape index (κ2) is 4.21. The van der Waals surface area contributed by atoms with Crippen molar-refractivity contribution in [3.63, 3.8) is 0 Å². The summed E-state index contributed by atoms with van der Waals surface area (Å²) in [7, 11) is 0. The second-order valence-corrected chi connectivity index (χ2v) is 4.58. The largest absolute Gasteiger partial charge is 0.319 e. The number of hydrogen-bond donors (Lipinski definition) is 1. The molecule has 0 amide bonds. The van der Waals surface area contributed by atoms with Gasteiger partial charge >= 0.3 is 0 Å². The fourth-order valence-corrected chi connectivity index (χ4v) is 2.07. The van der Waals surface area contributed by atoms with E-state index < -0.39 is 0 Å². The number of thiazole rings is 1. The van der Waals surface area contributed by atoms with Crippen LogP contribution < -0.4 is 5.73 Å². The van der Waals surface area contributed by atoms with Crippen molar-refractivity contribution in [2.45, 2.75) is 6.04 Å². The molecule has 1 aromatic heterocycles. The van der Waals surface area contributed by atoms with Gasteiger partial charge in [0, 0.05) is 9.85 Å². The van der Waals surface area contributed by atoms with Gasteiger partial charge in [0.15, 0.2) is 0 Å². The van der Waals surface area contributed by atoms with Crippen molar-refractivity contribution in [3.05, 3.63) is 50.9 Å². The van der Waals surface area contributed by atoms with E-state index in [9.17, 15) is 0 Å². The molecule has 0 aliphatic rings. The molecule has 0 saturated carbocycles. The number of nitrogens with two attached hydrogens (primary N) is 1. The number of benzene rings is 1. The predicted octanol–water partition coefficient (Wildman–Crippen LogP) is 2.95. The molecule has 1 unspecified atom stereocenters. The maximum Gasteiger partial charge on any atom is 0.0795 e. The van der Waals surface area contributed by atoms with Crippen molar-refractivity contribution in [2.24, 2.45) is 5.73 Å². The Morgan fingerprint density at radius 2 is 2.00 bits per heavy atom. The summed E-state index contributed by atoms with van der Waals surface area (Å²) in [6.07, 6.45) is 0. The molecule has 72 valence electrons. The zero-order valence-corrected chi connectivity index (χ0v) is 9.75. The van der Waals surface area contributed by atoms with Crippen LogP contribution in [0.25, 0.3) is 0 Å². The molecule has 0 radical (unpaired) electrons. The van der Waals surface area contributed by atoms with Gasteiger partial charge in [-0.3, -0.25) is 0 Å². The van der Waals surface area contributed by atoms with Gasteiger partial charge in [0.05, 0.1) is 17.2 Å². The van der Waals surface area contributed by atoms with Gasteiger partial charge in [-0.1, -0.05) is 28.1 Å². The third-order valence-electron chi connectivity index (χ3n) is 2.00. The molecule has 0 aliphatic heterocycles. The van der Waals surface area contributed by atoms with Gasteiger partial charge in [-0.25, -0.2) is 4.98 Å². The summed E-state index contributed by atoms with van der Waals surface area (Å²) >= 11 is 4.95. The van der Waals surface area contributed by atoms with Gasteiger partial charge in [0.25, 0.3) is 0 Å². The van der Waals surface area contributed by atoms with E-state index in [1.165, 1.54) is 0 Å². The van der Waals surface area contributed by atoms with Crippen LogP contribution in [-0.4, -0.2) is 4.98 Å². The highest BCUT2D eigenvalue weighted by molar-refractivity contribution is 9.10. The summed E-state index contributed by atoms with van der Waals surface area (Å²) in [5.74, 6) is 0. The highest BCUT2D eigenvalue weighted by Crippen LogP contribution is 2.20. The lowest BCUT2D eigenvalue weighted by atomic mass is 10.1. The summed E-state index contributed by atoms with van der Waals surface area (Å²) in [5.41, 5.74) is 9.85. The summed E-state index contributed by atoms with van der Waals surface area (Å²) in [6, 6.07) is 7.88. The Balaban J connectivity index is 2.28. The minimum Gasteiger partial charge on any atom is -0.319 e. The van der Waals surface area contributed by atoms with Crippen LogP contribution in [0.5, 0.6) is 0 Å². The van der Waals surface area contributed by atoms with E-state index in [2.05, 4.69) is 20.9 Å². The Labute approximate surface area is 94.9 Å². The van der Waals surface area contributed by atoms with Crippen molar-refractivity contribution in [3.8, 4) is 0 Å². The van der Waals surface area contributed by atoms with Gasteiger partial charge in [0.2, 0.25) is 0 Å². The molecule has 14 heavy (non-hydrogen) atoms. The lowest BCUT2D eigenvalue weighted by molar-refractivity contribution is 0.839. The van der Waals surface area contributed by atoms with E-state index in [0.29, 0.717) is 0 Å². The van der Waals surface area contributed by atoms with Gasteiger partial charge in [-0.2, -0.15) is 0 Å². The molecule has 0 aliphatic carbocycles. The number of aromatic nitrogens is 1. The normalized spacial score (nSPS) is 12.7. The maximum atomic E-state index is 6.04. The molecule has 2 rings (SSSR count). The molecular weight excluding hydrogens is 260 g/mol. The van der Waals surface area contributed by atoms with Crippen molar-refractivity contribution in [1.82, 2.24) is 4.98 Å². The van der Waals surface area contributed by atoms with Crippen molar-refractivity contribution >= 4 is 27.3 Å². The Bertz CT molecular complexity index is 397. The van der Waals surface area contributed by atoms with Crippen LogP contribution in [-0.2, 0) is 0 Å². The van der Waals surface area contributed by atoms with E-state index in [1.807, 2.05) is 29.6 Å². The van der Waals surface area contributed by atoms with Gasteiger partial charge in [-0.05, 0) is 17.7 Å². The average Bonchev–Trinajstić information content (AvgIpc) is 2.71. The topological polar surface area (TPSA) is 38.9 Å². The number of nitrogens with zero attached hydrogens (tertiary/aromatic N) is 1. The summed E-state index contributed by atoms with van der Waals surface area (Å²) in [5, 5.41) is 1.98. The molecule has 1 heterocycles. The van der Waals surface area contributed by atoms with Crippen LogP contribution in [0.4, 0.5) is 0 Å². The fraction of sp³-hybridized carbons (Fsp3) is 0.100. The van der Waals surface area contributed by atoms with Gasteiger partial charge in [-0.15, -0.1) is 11.3 Å².